The van der Waals surface area contributed by atoms with E-state index in [1.54, 1.807) is 12.1 Å². The van der Waals surface area contributed by atoms with Crippen LogP contribution in [0.5, 0.6) is 0 Å². The first-order chi connectivity index (χ1) is 10.2. The van der Waals surface area contributed by atoms with Crippen molar-refractivity contribution in [2.75, 3.05) is 20.3 Å². The number of ether oxygens (including phenoxy) is 2. The van der Waals surface area contributed by atoms with Crippen molar-refractivity contribution in [3.63, 3.8) is 0 Å². The summed E-state index contributed by atoms with van der Waals surface area (Å²) in [5.41, 5.74) is 7.10. The summed E-state index contributed by atoms with van der Waals surface area (Å²) in [6.45, 7) is 1.96. The van der Waals surface area contributed by atoms with E-state index in [2.05, 4.69) is 9.72 Å². The maximum absolute atomic E-state index is 11.3. The Balaban J connectivity index is 1.79. The molecular formula is C16H24N2O3. The lowest BCUT2D eigenvalue weighted by atomic mass is 9.80. The summed E-state index contributed by atoms with van der Waals surface area (Å²) in [7, 11) is 1.36. The number of hydrogen-bond acceptors (Lipinski definition) is 5. The number of carbonyl (C=O) groups is 1. The van der Waals surface area contributed by atoms with Crippen molar-refractivity contribution >= 4 is 5.97 Å². The summed E-state index contributed by atoms with van der Waals surface area (Å²) in [5.74, 6) is 0.787. The molecule has 0 aromatic carbocycles. The molecule has 2 atom stereocenters. The lowest BCUT2D eigenvalue weighted by Crippen LogP contribution is -2.29. The number of pyridine rings is 1. The molecule has 0 aliphatic heterocycles. The van der Waals surface area contributed by atoms with Crippen LogP contribution in [-0.4, -0.2) is 31.2 Å². The van der Waals surface area contributed by atoms with E-state index in [0.29, 0.717) is 24.0 Å². The molecule has 2 N–H and O–H groups in total. The van der Waals surface area contributed by atoms with Crippen molar-refractivity contribution in [3.05, 3.63) is 29.6 Å². The van der Waals surface area contributed by atoms with E-state index in [-0.39, 0.29) is 5.97 Å². The van der Waals surface area contributed by atoms with Crippen molar-refractivity contribution in [2.24, 2.45) is 17.6 Å². The number of nitrogens with two attached hydrogens (primary N) is 1. The molecule has 2 unspecified atom stereocenters. The van der Waals surface area contributed by atoms with E-state index in [1.165, 1.54) is 39.0 Å². The van der Waals surface area contributed by atoms with Crippen molar-refractivity contribution in [1.29, 1.82) is 0 Å². The molecule has 0 bridgehead atoms. The van der Waals surface area contributed by atoms with Gasteiger partial charge in [-0.2, -0.15) is 0 Å². The van der Waals surface area contributed by atoms with Gasteiger partial charge in [0, 0.05) is 6.20 Å². The van der Waals surface area contributed by atoms with Crippen LogP contribution >= 0.6 is 0 Å². The molecule has 1 aliphatic carbocycles. The van der Waals surface area contributed by atoms with Gasteiger partial charge < -0.3 is 15.2 Å². The lowest BCUT2D eigenvalue weighted by Gasteiger charge is -2.30. The Morgan fingerprint density at radius 3 is 2.71 bits per heavy atom. The number of methoxy groups -OCH3 is 1. The van der Waals surface area contributed by atoms with Crippen LogP contribution in [0, 0.1) is 11.8 Å². The number of aromatic nitrogens is 1. The number of nitrogens with zero attached hydrogens (tertiary/aromatic N) is 1. The molecule has 5 nitrogen and oxygen atoms in total. The molecule has 1 aliphatic rings. The highest BCUT2D eigenvalue weighted by atomic mass is 16.5. The van der Waals surface area contributed by atoms with Crippen LogP contribution in [0.15, 0.2) is 18.3 Å². The Bertz CT molecular complexity index is 447. The van der Waals surface area contributed by atoms with E-state index in [1.807, 2.05) is 0 Å². The Morgan fingerprint density at radius 1 is 1.33 bits per heavy atom. The highest BCUT2D eigenvalue weighted by Crippen LogP contribution is 2.29. The average molecular weight is 292 g/mol. The smallest absolute Gasteiger partial charge is 0.339 e. The monoisotopic (exact) mass is 292 g/mol. The molecule has 2 rings (SSSR count). The molecule has 116 valence electrons. The first kappa shape index (κ1) is 15.9. The van der Waals surface area contributed by atoms with Crippen molar-refractivity contribution in [1.82, 2.24) is 4.98 Å². The van der Waals surface area contributed by atoms with Crippen LogP contribution in [0.3, 0.4) is 0 Å². The Morgan fingerprint density at radius 2 is 2.10 bits per heavy atom. The van der Waals surface area contributed by atoms with Gasteiger partial charge in [-0.25, -0.2) is 4.79 Å². The van der Waals surface area contributed by atoms with E-state index < -0.39 is 0 Å². The fourth-order valence-corrected chi connectivity index (χ4v) is 2.88. The molecule has 1 aromatic heterocycles. The third-order valence-electron chi connectivity index (χ3n) is 4.20. The summed E-state index contributed by atoms with van der Waals surface area (Å²) in [6.07, 6.45) is 6.51. The Hall–Kier alpha value is -1.46. The second-order valence-corrected chi connectivity index (χ2v) is 5.59. The molecule has 5 heteroatoms. The third-order valence-corrected chi connectivity index (χ3v) is 4.20. The fraction of sp³-hybridized carbons (Fsp3) is 0.625. The molecule has 1 saturated carbocycles. The van der Waals surface area contributed by atoms with E-state index in [4.69, 9.17) is 10.5 Å². The topological polar surface area (TPSA) is 74.4 Å². The minimum Gasteiger partial charge on any atom is -0.465 e. The summed E-state index contributed by atoms with van der Waals surface area (Å²) in [6, 6.07) is 3.51. The SMILES string of the molecule is COC(=O)c1ccc(COCC2CCCCC2CN)nc1. The molecule has 1 fully saturated rings. The van der Waals surface area contributed by atoms with Crippen LogP contribution in [0.25, 0.3) is 0 Å². The van der Waals surface area contributed by atoms with Gasteiger partial charge in [0.2, 0.25) is 0 Å². The van der Waals surface area contributed by atoms with Crippen LogP contribution in [0.1, 0.15) is 41.7 Å². The third kappa shape index (κ3) is 4.51. The van der Waals surface area contributed by atoms with Crippen molar-refractivity contribution in [2.45, 2.75) is 32.3 Å². The molecule has 21 heavy (non-hydrogen) atoms. The standard InChI is InChI=1S/C16H24N2O3/c1-20-16(19)13-6-7-15(18-9-13)11-21-10-14-5-3-2-4-12(14)8-17/h6-7,9,12,14H,2-5,8,10-11,17H2,1H3. The zero-order chi connectivity index (χ0) is 15.1. The zero-order valence-corrected chi connectivity index (χ0v) is 12.6. The number of rotatable bonds is 6. The molecule has 0 spiro atoms. The van der Waals surface area contributed by atoms with Gasteiger partial charge in [-0.15, -0.1) is 0 Å². The largest absolute Gasteiger partial charge is 0.465 e. The zero-order valence-electron chi connectivity index (χ0n) is 12.6. The maximum Gasteiger partial charge on any atom is 0.339 e. The van der Waals surface area contributed by atoms with Crippen LogP contribution in [0.4, 0.5) is 0 Å². The minimum absolute atomic E-state index is 0.372. The number of hydrogen-bond donors (Lipinski definition) is 1. The maximum atomic E-state index is 11.3. The first-order valence-corrected chi connectivity index (χ1v) is 7.55. The minimum atomic E-state index is -0.372. The van der Waals surface area contributed by atoms with Crippen LogP contribution in [-0.2, 0) is 16.1 Å². The molecule has 0 saturated heterocycles. The van der Waals surface area contributed by atoms with Crippen LogP contribution < -0.4 is 5.73 Å². The Kier molecular flexibility index (Phi) is 6.14. The van der Waals surface area contributed by atoms with Gasteiger partial charge in [-0.1, -0.05) is 12.8 Å². The predicted molar refractivity (Wildman–Crippen MR) is 79.7 cm³/mol. The van der Waals surface area contributed by atoms with Gasteiger partial charge in [0.25, 0.3) is 0 Å². The highest BCUT2D eigenvalue weighted by molar-refractivity contribution is 5.88. The molecule has 0 amide bonds. The van der Waals surface area contributed by atoms with Gasteiger partial charge >= 0.3 is 5.97 Å². The predicted octanol–water partition coefficient (Wildman–Crippen LogP) is 2.15. The van der Waals surface area contributed by atoms with Gasteiger partial charge in [0.1, 0.15) is 0 Å². The fourth-order valence-electron chi connectivity index (χ4n) is 2.88. The first-order valence-electron chi connectivity index (χ1n) is 7.55. The van der Waals surface area contributed by atoms with Gasteiger partial charge in [-0.3, -0.25) is 4.98 Å². The number of carbonyl (C=O) groups excluding carboxylic acids is 1. The normalized spacial score (nSPS) is 22.0. The van der Waals surface area contributed by atoms with Gasteiger partial charge in [-0.05, 0) is 43.4 Å². The number of esters is 1. The molecule has 0 radical (unpaired) electrons. The summed E-state index contributed by atoms with van der Waals surface area (Å²) in [4.78, 5) is 15.5. The molecular weight excluding hydrogens is 268 g/mol. The van der Waals surface area contributed by atoms with Crippen molar-refractivity contribution in [3.8, 4) is 0 Å². The van der Waals surface area contributed by atoms with E-state index >= 15 is 0 Å². The second-order valence-electron chi connectivity index (χ2n) is 5.59. The van der Waals surface area contributed by atoms with Gasteiger partial charge in [0.15, 0.2) is 0 Å². The molecule has 1 aromatic rings. The van der Waals surface area contributed by atoms with E-state index in [0.717, 1.165) is 18.8 Å². The second kappa shape index (κ2) is 8.10. The average Bonchev–Trinajstić information content (AvgIpc) is 2.55. The van der Waals surface area contributed by atoms with E-state index in [9.17, 15) is 4.79 Å². The van der Waals surface area contributed by atoms with Gasteiger partial charge in [0.05, 0.1) is 31.6 Å². The lowest BCUT2D eigenvalue weighted by molar-refractivity contribution is 0.0496. The summed E-state index contributed by atoms with van der Waals surface area (Å²) >= 11 is 0. The Labute approximate surface area is 125 Å². The highest BCUT2D eigenvalue weighted by Gasteiger charge is 2.23. The van der Waals surface area contributed by atoms with Crippen LogP contribution in [0.2, 0.25) is 0 Å². The summed E-state index contributed by atoms with van der Waals surface area (Å²) < 4.78 is 10.4. The quantitative estimate of drug-likeness (QED) is 0.813. The summed E-state index contributed by atoms with van der Waals surface area (Å²) in [5, 5.41) is 0. The van der Waals surface area contributed by atoms with Crippen molar-refractivity contribution < 1.29 is 14.3 Å². The molecule has 1 heterocycles.